The molecule has 0 aromatic heterocycles. The Morgan fingerprint density at radius 3 is 2.94 bits per heavy atom. The minimum Gasteiger partial charge on any atom is -0.385 e. The highest BCUT2D eigenvalue weighted by Crippen LogP contribution is 2.26. The van der Waals surface area contributed by atoms with Crippen LogP contribution >= 0.6 is 0 Å². The van der Waals surface area contributed by atoms with Crippen LogP contribution in [-0.4, -0.2) is 22.9 Å². The highest BCUT2D eigenvalue weighted by Gasteiger charge is 2.22. The van der Waals surface area contributed by atoms with Crippen molar-refractivity contribution in [3.05, 3.63) is 34.9 Å². The second kappa shape index (κ2) is 4.62. The number of nitrogens with one attached hydrogen (secondary N) is 1. The van der Waals surface area contributed by atoms with Crippen molar-refractivity contribution in [2.24, 2.45) is 0 Å². The zero-order chi connectivity index (χ0) is 11.5. The van der Waals surface area contributed by atoms with Gasteiger partial charge in [-0.15, -0.1) is 0 Å². The lowest BCUT2D eigenvalue weighted by Gasteiger charge is -2.23. The molecule has 0 saturated carbocycles. The van der Waals surface area contributed by atoms with E-state index in [2.05, 4.69) is 5.32 Å². The summed E-state index contributed by atoms with van der Waals surface area (Å²) in [6.45, 7) is 1.64. The van der Waals surface area contributed by atoms with Crippen LogP contribution in [0.5, 0.6) is 0 Å². The molecule has 1 aliphatic rings. The van der Waals surface area contributed by atoms with Crippen molar-refractivity contribution < 1.29 is 10.2 Å². The van der Waals surface area contributed by atoms with E-state index in [-0.39, 0.29) is 0 Å². The Morgan fingerprint density at radius 1 is 1.38 bits per heavy atom. The van der Waals surface area contributed by atoms with Crippen molar-refractivity contribution in [3.8, 4) is 6.07 Å². The van der Waals surface area contributed by atoms with Crippen molar-refractivity contribution in [3.63, 3.8) is 0 Å². The minimum absolute atomic E-state index is 0.674. The number of hydrogen-bond donors (Lipinski definition) is 3. The molecule has 0 aliphatic carbocycles. The third-order valence-electron chi connectivity index (χ3n) is 2.93. The van der Waals surface area contributed by atoms with Crippen LogP contribution < -0.4 is 5.32 Å². The molecular formula is C12H14N2O2. The normalized spacial score (nSPS) is 18.3. The van der Waals surface area contributed by atoms with Crippen LogP contribution in [0.3, 0.4) is 0 Å². The Labute approximate surface area is 94.1 Å². The van der Waals surface area contributed by atoms with Crippen LogP contribution in [-0.2, 0) is 13.0 Å². The summed E-state index contributed by atoms with van der Waals surface area (Å²) in [4.78, 5) is 0. The van der Waals surface area contributed by atoms with Crippen LogP contribution in [0.25, 0.3) is 0 Å². The number of hydrogen-bond acceptors (Lipinski definition) is 4. The molecule has 1 aliphatic heterocycles. The average molecular weight is 218 g/mol. The van der Waals surface area contributed by atoms with Gasteiger partial charge in [-0.3, -0.25) is 0 Å². The van der Waals surface area contributed by atoms with Gasteiger partial charge in [-0.2, -0.15) is 5.26 Å². The smallest absolute Gasteiger partial charge is 0.170 e. The fourth-order valence-electron chi connectivity index (χ4n) is 2.08. The van der Waals surface area contributed by atoms with Crippen molar-refractivity contribution in [1.82, 2.24) is 5.32 Å². The van der Waals surface area contributed by atoms with Crippen molar-refractivity contribution in [2.75, 3.05) is 6.54 Å². The Kier molecular flexibility index (Phi) is 3.20. The number of aliphatic hydroxyl groups is 2. The van der Waals surface area contributed by atoms with E-state index in [1.807, 2.05) is 12.1 Å². The Morgan fingerprint density at radius 2 is 2.19 bits per heavy atom. The molecule has 0 amide bonds. The van der Waals surface area contributed by atoms with E-state index in [4.69, 9.17) is 5.26 Å². The molecule has 4 heteroatoms. The fourth-order valence-corrected chi connectivity index (χ4v) is 2.08. The summed E-state index contributed by atoms with van der Waals surface area (Å²) < 4.78 is 0. The van der Waals surface area contributed by atoms with Gasteiger partial charge in [0.1, 0.15) is 6.10 Å². The number of nitrogens with zero attached hydrogens (tertiary/aromatic N) is 1. The van der Waals surface area contributed by atoms with Gasteiger partial charge in [0.25, 0.3) is 0 Å². The molecule has 0 radical (unpaired) electrons. The summed E-state index contributed by atoms with van der Waals surface area (Å²) in [6, 6.07) is 7.27. The van der Waals surface area contributed by atoms with Gasteiger partial charge in [0.05, 0.1) is 6.07 Å². The van der Waals surface area contributed by atoms with Gasteiger partial charge < -0.3 is 15.5 Å². The first-order valence-corrected chi connectivity index (χ1v) is 5.31. The molecule has 16 heavy (non-hydrogen) atoms. The number of rotatable bonds is 2. The van der Waals surface area contributed by atoms with Crippen LogP contribution in [0, 0.1) is 11.3 Å². The van der Waals surface area contributed by atoms with Gasteiger partial charge in [0.2, 0.25) is 0 Å². The maximum absolute atomic E-state index is 9.85. The topological polar surface area (TPSA) is 76.3 Å². The predicted molar refractivity (Wildman–Crippen MR) is 58.4 cm³/mol. The number of benzene rings is 1. The van der Waals surface area contributed by atoms with Gasteiger partial charge in [-0.1, -0.05) is 18.2 Å². The van der Waals surface area contributed by atoms with E-state index in [1.165, 1.54) is 0 Å². The number of aliphatic hydroxyl groups excluding tert-OH is 2. The molecule has 0 spiro atoms. The summed E-state index contributed by atoms with van der Waals surface area (Å²) in [6.07, 6.45) is -1.65. The first-order chi connectivity index (χ1) is 7.74. The molecule has 4 nitrogen and oxygen atoms in total. The molecule has 2 atom stereocenters. The maximum atomic E-state index is 9.85. The molecule has 84 valence electrons. The van der Waals surface area contributed by atoms with Crippen LogP contribution in [0.15, 0.2) is 18.2 Å². The highest BCUT2D eigenvalue weighted by molar-refractivity contribution is 5.39. The van der Waals surface area contributed by atoms with E-state index in [9.17, 15) is 10.2 Å². The maximum Gasteiger partial charge on any atom is 0.170 e. The Bertz CT molecular complexity index is 426. The summed E-state index contributed by atoms with van der Waals surface area (Å²) in [5.41, 5.74) is 2.86. The molecule has 2 unspecified atom stereocenters. The lowest BCUT2D eigenvalue weighted by atomic mass is 9.91. The molecule has 1 aromatic rings. The quantitative estimate of drug-likeness (QED) is 0.622. The third kappa shape index (κ3) is 1.93. The first-order valence-electron chi connectivity index (χ1n) is 5.31. The van der Waals surface area contributed by atoms with E-state index in [1.54, 1.807) is 12.1 Å². The van der Waals surface area contributed by atoms with Gasteiger partial charge in [-0.25, -0.2) is 0 Å². The van der Waals surface area contributed by atoms with Crippen LogP contribution in [0.1, 0.15) is 22.8 Å². The van der Waals surface area contributed by atoms with E-state index >= 15 is 0 Å². The number of fused-ring (bicyclic) bond motifs is 1. The highest BCUT2D eigenvalue weighted by atomic mass is 16.3. The largest absolute Gasteiger partial charge is 0.385 e. The van der Waals surface area contributed by atoms with Crippen molar-refractivity contribution >= 4 is 0 Å². The second-order valence-electron chi connectivity index (χ2n) is 3.93. The van der Waals surface area contributed by atoms with E-state index in [0.717, 1.165) is 30.6 Å². The molecule has 1 aromatic carbocycles. The molecule has 0 saturated heterocycles. The first kappa shape index (κ1) is 11.1. The second-order valence-corrected chi connectivity index (χ2v) is 3.93. The van der Waals surface area contributed by atoms with Crippen molar-refractivity contribution in [2.45, 2.75) is 25.2 Å². The fraction of sp³-hybridized carbons (Fsp3) is 0.417. The number of nitriles is 1. The Hall–Kier alpha value is -1.41. The minimum atomic E-state index is -1.36. The monoisotopic (exact) mass is 218 g/mol. The van der Waals surface area contributed by atoms with Gasteiger partial charge in [-0.05, 0) is 29.7 Å². The van der Waals surface area contributed by atoms with Gasteiger partial charge in [0.15, 0.2) is 6.10 Å². The summed E-state index contributed by atoms with van der Waals surface area (Å²) in [5.74, 6) is 0. The lowest BCUT2D eigenvalue weighted by molar-refractivity contribution is 0.0520. The Balaban J connectivity index is 2.38. The summed E-state index contributed by atoms with van der Waals surface area (Å²) in [5, 5.41) is 31.0. The van der Waals surface area contributed by atoms with Gasteiger partial charge >= 0.3 is 0 Å². The van der Waals surface area contributed by atoms with E-state index < -0.39 is 12.2 Å². The molecule has 1 heterocycles. The zero-order valence-electron chi connectivity index (χ0n) is 8.85. The predicted octanol–water partition coefficient (Wildman–Crippen LogP) is 0.250. The van der Waals surface area contributed by atoms with Gasteiger partial charge in [0, 0.05) is 6.54 Å². The molecule has 3 N–H and O–H groups in total. The standard InChI is InChI=1S/C12H14N2O2/c13-6-11(15)12(16)10-3-1-2-8-7-14-5-4-9(8)10/h1-3,11-12,14-16H,4-5,7H2. The third-order valence-corrected chi connectivity index (χ3v) is 2.93. The molecule has 0 bridgehead atoms. The SMILES string of the molecule is N#CC(O)C(O)c1cccc2c1CCNC2. The molecular weight excluding hydrogens is 204 g/mol. The summed E-state index contributed by atoms with van der Waals surface area (Å²) >= 11 is 0. The van der Waals surface area contributed by atoms with Crippen LogP contribution in [0.4, 0.5) is 0 Å². The van der Waals surface area contributed by atoms with Crippen LogP contribution in [0.2, 0.25) is 0 Å². The molecule has 0 fully saturated rings. The van der Waals surface area contributed by atoms with E-state index in [0.29, 0.717) is 5.56 Å². The van der Waals surface area contributed by atoms with Crippen molar-refractivity contribution in [1.29, 1.82) is 5.26 Å². The zero-order valence-corrected chi connectivity index (χ0v) is 8.85. The average Bonchev–Trinajstić information content (AvgIpc) is 2.36. The lowest BCUT2D eigenvalue weighted by Crippen LogP contribution is -2.26. The summed E-state index contributed by atoms with van der Waals surface area (Å²) in [7, 11) is 0. The molecule has 2 rings (SSSR count).